The fourth-order valence-corrected chi connectivity index (χ4v) is 4.39. The Balaban J connectivity index is 1.73. The molecule has 1 fully saturated rings. The van der Waals surface area contributed by atoms with E-state index < -0.39 is 29.1 Å². The average molecular weight is 503 g/mol. The largest absolute Gasteiger partial charge is 0.460 e. The molecule has 0 radical (unpaired) electrons. The molecule has 36 heavy (non-hydrogen) atoms. The number of hydrogen-bond donors (Lipinski definition) is 2. The van der Waals surface area contributed by atoms with Crippen molar-refractivity contribution in [2.24, 2.45) is 5.73 Å². The van der Waals surface area contributed by atoms with Gasteiger partial charge in [-0.25, -0.2) is 9.48 Å². The predicted molar refractivity (Wildman–Crippen MR) is 136 cm³/mol. The van der Waals surface area contributed by atoms with E-state index in [0.717, 1.165) is 18.4 Å². The van der Waals surface area contributed by atoms with E-state index >= 15 is 0 Å². The summed E-state index contributed by atoms with van der Waals surface area (Å²) >= 11 is 0. The van der Waals surface area contributed by atoms with Gasteiger partial charge in [-0.2, -0.15) is 0 Å². The molecule has 1 saturated heterocycles. The Hall–Kier alpha value is -3.30. The van der Waals surface area contributed by atoms with Crippen LogP contribution in [0.2, 0.25) is 0 Å². The van der Waals surface area contributed by atoms with Gasteiger partial charge in [0, 0.05) is 19.5 Å². The number of aromatic amines is 1. The fourth-order valence-electron chi connectivity index (χ4n) is 4.39. The second-order valence-corrected chi connectivity index (χ2v) is 11.4. The van der Waals surface area contributed by atoms with E-state index in [1.807, 2.05) is 32.9 Å². The minimum atomic E-state index is -1.00. The summed E-state index contributed by atoms with van der Waals surface area (Å²) in [4.78, 5) is 51.4. The Kier molecular flexibility index (Phi) is 7.85. The van der Waals surface area contributed by atoms with E-state index in [0.29, 0.717) is 24.0 Å². The number of fused-ring (bicyclic) bond motifs is 1. The van der Waals surface area contributed by atoms with Gasteiger partial charge in [0.25, 0.3) is 5.56 Å². The number of primary amides is 1. The summed E-state index contributed by atoms with van der Waals surface area (Å²) in [6, 6.07) is 4.56. The molecule has 2 heterocycles. The maximum Gasteiger partial charge on any atom is 0.410 e. The van der Waals surface area contributed by atoms with E-state index in [-0.39, 0.29) is 30.4 Å². The van der Waals surface area contributed by atoms with Crippen molar-refractivity contribution in [2.45, 2.75) is 90.4 Å². The van der Waals surface area contributed by atoms with Crippen molar-refractivity contribution in [3.63, 3.8) is 0 Å². The van der Waals surface area contributed by atoms with Crippen LogP contribution in [0, 0.1) is 0 Å². The number of piperidine rings is 1. The number of carbonyl (C=O) groups excluding carboxylic acids is 3. The molecule has 1 aliphatic rings. The first-order valence-corrected chi connectivity index (χ1v) is 12.4. The van der Waals surface area contributed by atoms with Crippen molar-refractivity contribution in [1.82, 2.24) is 14.7 Å². The smallest absolute Gasteiger partial charge is 0.410 e. The summed E-state index contributed by atoms with van der Waals surface area (Å²) in [6.45, 7) is 12.0. The van der Waals surface area contributed by atoms with Gasteiger partial charge in [-0.3, -0.25) is 19.5 Å². The van der Waals surface area contributed by atoms with Crippen LogP contribution < -0.4 is 11.3 Å². The summed E-state index contributed by atoms with van der Waals surface area (Å²) in [5, 5.41) is 3.45. The molecule has 0 aliphatic carbocycles. The van der Waals surface area contributed by atoms with Gasteiger partial charge in [-0.15, -0.1) is 0 Å². The summed E-state index contributed by atoms with van der Waals surface area (Å²) in [6.07, 6.45) is 1.24. The molecule has 3 rings (SSSR count). The lowest BCUT2D eigenvalue weighted by Crippen LogP contribution is -2.41. The Bertz CT molecular complexity index is 1180. The number of nitrogens with two attached hydrogens (primary N) is 1. The van der Waals surface area contributed by atoms with Gasteiger partial charge in [-0.05, 0) is 84.4 Å². The molecule has 10 nitrogen and oxygen atoms in total. The van der Waals surface area contributed by atoms with Gasteiger partial charge in [-0.1, -0.05) is 6.07 Å². The Morgan fingerprint density at radius 1 is 1.06 bits per heavy atom. The molecule has 3 N–H and O–H groups in total. The lowest BCUT2D eigenvalue weighted by molar-refractivity contribution is -0.155. The molecule has 1 atom stereocenters. The van der Waals surface area contributed by atoms with E-state index in [2.05, 4.69) is 5.10 Å². The molecule has 198 valence electrons. The zero-order valence-corrected chi connectivity index (χ0v) is 22.1. The summed E-state index contributed by atoms with van der Waals surface area (Å²) < 4.78 is 12.0. The molecular formula is C26H38N4O6. The highest BCUT2D eigenvalue weighted by Gasteiger charge is 2.29. The maximum absolute atomic E-state index is 13.0. The standard InChI is InChI=1S/C26H38N4O6/c1-25(2,3)35-21(31)10-9-20(22(27)32)30-23(33)18-8-7-17(15-19(18)28-30)16-11-13-29(14-12-16)24(34)36-26(4,5)6/h7-8,15-16,20,28H,9-14H2,1-6H3,(H2,27,32). The Labute approximate surface area is 211 Å². The zero-order chi connectivity index (χ0) is 26.8. The van der Waals surface area contributed by atoms with Crippen LogP contribution in [0.1, 0.15) is 84.7 Å². The van der Waals surface area contributed by atoms with Crippen LogP contribution >= 0.6 is 0 Å². The van der Waals surface area contributed by atoms with Crippen LogP contribution in [0.15, 0.2) is 23.0 Å². The van der Waals surface area contributed by atoms with Gasteiger partial charge in [0.05, 0.1) is 10.9 Å². The third-order valence-corrected chi connectivity index (χ3v) is 6.03. The van der Waals surface area contributed by atoms with Crippen LogP contribution in [0.25, 0.3) is 10.9 Å². The SMILES string of the molecule is CC(C)(C)OC(=O)CCC(C(N)=O)n1[nH]c2cc(C3CCN(C(=O)OC(C)(C)C)CC3)ccc2c1=O. The topological polar surface area (TPSA) is 137 Å². The number of hydrogen-bond acceptors (Lipinski definition) is 6. The van der Waals surface area contributed by atoms with Crippen LogP contribution in [-0.4, -0.2) is 56.9 Å². The third kappa shape index (κ3) is 6.89. The number of nitrogens with zero attached hydrogens (tertiary/aromatic N) is 2. The molecule has 1 unspecified atom stereocenters. The van der Waals surface area contributed by atoms with E-state index in [4.69, 9.17) is 15.2 Å². The van der Waals surface area contributed by atoms with Crippen molar-refractivity contribution in [3.8, 4) is 0 Å². The minimum Gasteiger partial charge on any atom is -0.460 e. The van der Waals surface area contributed by atoms with Crippen molar-refractivity contribution in [2.75, 3.05) is 13.1 Å². The molecule has 10 heteroatoms. The summed E-state index contributed by atoms with van der Waals surface area (Å²) in [5.74, 6) is -0.945. The molecule has 0 bridgehead atoms. The predicted octanol–water partition coefficient (Wildman–Crippen LogP) is 3.59. The molecule has 0 spiro atoms. The lowest BCUT2D eigenvalue weighted by atomic mass is 9.89. The maximum atomic E-state index is 13.0. The van der Waals surface area contributed by atoms with Gasteiger partial charge in [0.2, 0.25) is 5.91 Å². The molecule has 0 saturated carbocycles. The number of esters is 1. The fraction of sp³-hybridized carbons (Fsp3) is 0.615. The first-order chi connectivity index (χ1) is 16.6. The van der Waals surface area contributed by atoms with Crippen LogP contribution in [0.3, 0.4) is 0 Å². The number of H-pyrrole nitrogens is 1. The highest BCUT2D eigenvalue weighted by atomic mass is 16.6. The zero-order valence-electron chi connectivity index (χ0n) is 22.1. The first-order valence-electron chi connectivity index (χ1n) is 12.4. The second-order valence-electron chi connectivity index (χ2n) is 11.4. The molecular weight excluding hydrogens is 464 g/mol. The number of amides is 2. The van der Waals surface area contributed by atoms with Crippen LogP contribution in [-0.2, 0) is 19.1 Å². The van der Waals surface area contributed by atoms with E-state index in [9.17, 15) is 19.2 Å². The second kappa shape index (κ2) is 10.4. The lowest BCUT2D eigenvalue weighted by Gasteiger charge is -2.33. The van der Waals surface area contributed by atoms with Crippen LogP contribution in [0.4, 0.5) is 4.79 Å². The Morgan fingerprint density at radius 3 is 2.22 bits per heavy atom. The van der Waals surface area contributed by atoms with Crippen molar-refractivity contribution >= 4 is 28.9 Å². The number of aromatic nitrogens is 2. The number of ether oxygens (including phenoxy) is 2. The summed E-state index contributed by atoms with van der Waals surface area (Å²) in [5.41, 5.74) is 5.67. The molecule has 1 aromatic carbocycles. The molecule has 2 amide bonds. The van der Waals surface area contributed by atoms with Crippen molar-refractivity contribution < 1.29 is 23.9 Å². The molecule has 1 aromatic heterocycles. The van der Waals surface area contributed by atoms with E-state index in [1.54, 1.807) is 31.7 Å². The number of benzene rings is 1. The highest BCUT2D eigenvalue weighted by molar-refractivity contribution is 5.82. The monoisotopic (exact) mass is 502 g/mol. The van der Waals surface area contributed by atoms with Gasteiger partial charge in [0.1, 0.15) is 17.2 Å². The summed E-state index contributed by atoms with van der Waals surface area (Å²) in [7, 11) is 0. The van der Waals surface area contributed by atoms with Gasteiger partial charge < -0.3 is 20.1 Å². The minimum absolute atomic E-state index is 0.0475. The van der Waals surface area contributed by atoms with Crippen molar-refractivity contribution in [1.29, 1.82) is 0 Å². The Morgan fingerprint density at radius 2 is 1.67 bits per heavy atom. The first kappa shape index (κ1) is 27.3. The van der Waals surface area contributed by atoms with Gasteiger partial charge >= 0.3 is 12.1 Å². The highest BCUT2D eigenvalue weighted by Crippen LogP contribution is 2.30. The number of likely N-dealkylation sites (tertiary alicyclic amines) is 1. The van der Waals surface area contributed by atoms with Crippen LogP contribution in [0.5, 0.6) is 0 Å². The molecule has 1 aliphatic heterocycles. The quantitative estimate of drug-likeness (QED) is 0.579. The molecule has 2 aromatic rings. The number of nitrogens with one attached hydrogen (secondary N) is 1. The van der Waals surface area contributed by atoms with E-state index in [1.165, 1.54) is 4.68 Å². The third-order valence-electron chi connectivity index (χ3n) is 6.03. The van der Waals surface area contributed by atoms with Crippen molar-refractivity contribution in [3.05, 3.63) is 34.1 Å². The number of rotatable bonds is 6. The number of carbonyl (C=O) groups is 3. The normalized spacial score (nSPS) is 16.1. The average Bonchev–Trinajstić information content (AvgIpc) is 3.07. The van der Waals surface area contributed by atoms with Gasteiger partial charge in [0.15, 0.2) is 0 Å².